The topological polar surface area (TPSA) is 80.0 Å². The molecule has 0 saturated carbocycles. The van der Waals surface area contributed by atoms with Gasteiger partial charge in [-0.2, -0.15) is 4.68 Å². The summed E-state index contributed by atoms with van der Waals surface area (Å²) in [6.07, 6.45) is 1.44. The lowest BCUT2D eigenvalue weighted by molar-refractivity contribution is 0.0746. The maximum absolute atomic E-state index is 13.2. The van der Waals surface area contributed by atoms with Crippen molar-refractivity contribution in [3.63, 3.8) is 0 Å². The molecule has 3 heterocycles. The molecule has 8 nitrogen and oxygen atoms in total. The Balaban J connectivity index is 1.36. The number of carbonyl (C=O) groups excluding carboxylic acids is 1. The summed E-state index contributed by atoms with van der Waals surface area (Å²) in [5.41, 5.74) is 2.15. The Morgan fingerprint density at radius 3 is 2.16 bits per heavy atom. The lowest BCUT2D eigenvalue weighted by Crippen LogP contribution is -2.49. The van der Waals surface area contributed by atoms with E-state index in [1.54, 1.807) is 17.0 Å². The summed E-state index contributed by atoms with van der Waals surface area (Å²) < 4.78 is 27.9. The zero-order valence-electron chi connectivity index (χ0n) is 16.3. The number of carbonyl (C=O) groups is 1. The van der Waals surface area contributed by atoms with Crippen molar-refractivity contribution >= 4 is 22.9 Å². The number of halogens is 2. The van der Waals surface area contributed by atoms with Gasteiger partial charge in [0, 0.05) is 31.7 Å². The molecule has 10 heteroatoms. The van der Waals surface area contributed by atoms with Crippen LogP contribution in [0, 0.1) is 11.6 Å². The molecule has 1 aliphatic heterocycles. The van der Waals surface area contributed by atoms with Crippen molar-refractivity contribution < 1.29 is 13.6 Å². The molecule has 2 aromatic carbocycles. The minimum Gasteiger partial charge on any atom is -0.351 e. The quantitative estimate of drug-likeness (QED) is 0.506. The first kappa shape index (κ1) is 19.0. The average Bonchev–Trinajstić information content (AvgIpc) is 3.24. The summed E-state index contributed by atoms with van der Waals surface area (Å²) in [6, 6.07) is 11.5. The molecule has 0 bridgehead atoms. The van der Waals surface area contributed by atoms with Gasteiger partial charge in [0.1, 0.15) is 18.0 Å². The van der Waals surface area contributed by atoms with E-state index >= 15 is 0 Å². The summed E-state index contributed by atoms with van der Waals surface area (Å²) in [7, 11) is 0. The van der Waals surface area contributed by atoms with Crippen LogP contribution in [-0.2, 0) is 0 Å². The Morgan fingerprint density at radius 1 is 0.839 bits per heavy atom. The fourth-order valence-corrected chi connectivity index (χ4v) is 3.62. The van der Waals surface area contributed by atoms with Crippen molar-refractivity contribution in [1.82, 2.24) is 29.9 Å². The van der Waals surface area contributed by atoms with Crippen LogP contribution in [0.2, 0.25) is 0 Å². The van der Waals surface area contributed by atoms with Crippen molar-refractivity contribution in [3.8, 4) is 5.69 Å². The van der Waals surface area contributed by atoms with E-state index in [9.17, 15) is 13.6 Å². The zero-order valence-corrected chi connectivity index (χ0v) is 16.3. The van der Waals surface area contributed by atoms with E-state index in [-0.39, 0.29) is 17.5 Å². The first-order valence-electron chi connectivity index (χ1n) is 9.72. The monoisotopic (exact) mass is 421 g/mol. The number of anilines is 1. The molecule has 156 valence electrons. The van der Waals surface area contributed by atoms with Gasteiger partial charge < -0.3 is 9.80 Å². The van der Waals surface area contributed by atoms with Crippen LogP contribution in [0.5, 0.6) is 0 Å². The number of piperazine rings is 1. The third-order valence-corrected chi connectivity index (χ3v) is 5.25. The second-order valence-corrected chi connectivity index (χ2v) is 7.13. The third kappa shape index (κ3) is 3.56. The fourth-order valence-electron chi connectivity index (χ4n) is 3.62. The van der Waals surface area contributed by atoms with Crippen LogP contribution >= 0.6 is 0 Å². The van der Waals surface area contributed by atoms with E-state index in [0.717, 1.165) is 0 Å². The van der Waals surface area contributed by atoms with Gasteiger partial charge >= 0.3 is 0 Å². The normalized spacial score (nSPS) is 14.3. The number of rotatable bonds is 3. The van der Waals surface area contributed by atoms with Gasteiger partial charge in [0.25, 0.3) is 5.91 Å². The number of benzene rings is 2. The molecule has 0 aliphatic carbocycles. The molecule has 1 aliphatic rings. The maximum atomic E-state index is 13.2. The summed E-state index contributed by atoms with van der Waals surface area (Å²) >= 11 is 0. The molecule has 0 atom stereocenters. The average molecular weight is 421 g/mol. The number of hydrogen-bond donors (Lipinski definition) is 0. The van der Waals surface area contributed by atoms with Gasteiger partial charge in [0.05, 0.1) is 5.69 Å². The summed E-state index contributed by atoms with van der Waals surface area (Å²) in [5, 5.41) is 8.40. The summed E-state index contributed by atoms with van der Waals surface area (Å²) in [4.78, 5) is 25.1. The largest absolute Gasteiger partial charge is 0.351 e. The van der Waals surface area contributed by atoms with Crippen LogP contribution in [-0.4, -0.2) is 61.9 Å². The lowest BCUT2D eigenvalue weighted by atomic mass is 10.2. The highest BCUT2D eigenvalue weighted by molar-refractivity contribution is 5.94. The van der Waals surface area contributed by atoms with Crippen LogP contribution in [0.1, 0.15) is 10.4 Å². The van der Waals surface area contributed by atoms with Crippen LogP contribution in [0.4, 0.5) is 14.6 Å². The predicted octanol–water partition coefficient (Wildman–Crippen LogP) is 2.45. The van der Waals surface area contributed by atoms with Gasteiger partial charge in [-0.15, -0.1) is 5.10 Å². The Bertz CT molecular complexity index is 1230. The first-order valence-corrected chi connectivity index (χ1v) is 9.72. The zero-order chi connectivity index (χ0) is 21.4. The molecular formula is C21H17F2N7O. The SMILES string of the molecule is O=C(c1ccc(F)cc1)N1CCN(c2ncnc3c2nnn3-c2ccc(F)cc2)CC1. The number of nitrogens with zero attached hydrogens (tertiary/aromatic N) is 7. The molecule has 5 rings (SSSR count). The first-order chi connectivity index (χ1) is 15.1. The van der Waals surface area contributed by atoms with Gasteiger partial charge in [-0.3, -0.25) is 4.79 Å². The Morgan fingerprint density at radius 2 is 1.48 bits per heavy atom. The van der Waals surface area contributed by atoms with E-state index in [1.807, 2.05) is 4.90 Å². The molecule has 1 saturated heterocycles. The minimum absolute atomic E-state index is 0.130. The number of fused-ring (bicyclic) bond motifs is 1. The van der Waals surface area contributed by atoms with Crippen LogP contribution in [0.25, 0.3) is 16.9 Å². The van der Waals surface area contributed by atoms with Crippen LogP contribution < -0.4 is 4.90 Å². The van der Waals surface area contributed by atoms with Gasteiger partial charge in [0.2, 0.25) is 0 Å². The maximum Gasteiger partial charge on any atom is 0.253 e. The highest BCUT2D eigenvalue weighted by Crippen LogP contribution is 2.24. The Labute approximate surface area is 175 Å². The summed E-state index contributed by atoms with van der Waals surface area (Å²) in [6.45, 7) is 2.10. The van der Waals surface area contributed by atoms with Gasteiger partial charge in [-0.1, -0.05) is 5.21 Å². The molecule has 31 heavy (non-hydrogen) atoms. The van der Waals surface area contributed by atoms with Crippen molar-refractivity contribution in [1.29, 1.82) is 0 Å². The second kappa shape index (κ2) is 7.71. The molecule has 1 fully saturated rings. The standard InChI is InChI=1S/C21H17F2N7O/c22-15-3-1-14(2-4-15)21(31)29-11-9-28(10-12-29)19-18-20(25-13-24-19)30(27-26-18)17-7-5-16(23)6-8-17/h1-8,13H,9-12H2. The third-order valence-electron chi connectivity index (χ3n) is 5.25. The van der Waals surface area contributed by atoms with Crippen molar-refractivity contribution in [2.24, 2.45) is 0 Å². The van der Waals surface area contributed by atoms with Crippen LogP contribution in [0.15, 0.2) is 54.9 Å². The van der Waals surface area contributed by atoms with Gasteiger partial charge in [-0.25, -0.2) is 18.7 Å². The van der Waals surface area contributed by atoms with Crippen molar-refractivity contribution in [2.75, 3.05) is 31.1 Å². The molecule has 1 amide bonds. The molecular weight excluding hydrogens is 404 g/mol. The number of aromatic nitrogens is 5. The van der Waals surface area contributed by atoms with E-state index in [0.29, 0.717) is 54.4 Å². The minimum atomic E-state index is -0.372. The number of hydrogen-bond acceptors (Lipinski definition) is 6. The smallest absolute Gasteiger partial charge is 0.253 e. The van der Waals surface area contributed by atoms with Crippen molar-refractivity contribution in [3.05, 3.63) is 72.1 Å². The Hall–Kier alpha value is -3.95. The molecule has 2 aromatic heterocycles. The lowest BCUT2D eigenvalue weighted by Gasteiger charge is -2.35. The summed E-state index contributed by atoms with van der Waals surface area (Å²) in [5.74, 6) is -0.207. The van der Waals surface area contributed by atoms with Crippen LogP contribution in [0.3, 0.4) is 0 Å². The Kier molecular flexibility index (Phi) is 4.73. The molecule has 0 spiro atoms. The second-order valence-electron chi connectivity index (χ2n) is 7.13. The van der Waals surface area contributed by atoms with Gasteiger partial charge in [0.15, 0.2) is 17.0 Å². The van der Waals surface area contributed by atoms with E-state index in [2.05, 4.69) is 20.3 Å². The molecule has 0 unspecified atom stereocenters. The molecule has 0 radical (unpaired) electrons. The fraction of sp³-hybridized carbons (Fsp3) is 0.190. The predicted molar refractivity (Wildman–Crippen MR) is 109 cm³/mol. The van der Waals surface area contributed by atoms with Gasteiger partial charge in [-0.05, 0) is 48.5 Å². The highest BCUT2D eigenvalue weighted by atomic mass is 19.1. The molecule has 0 N–H and O–H groups in total. The van der Waals surface area contributed by atoms with E-state index < -0.39 is 0 Å². The highest BCUT2D eigenvalue weighted by Gasteiger charge is 2.25. The van der Waals surface area contributed by atoms with Crippen molar-refractivity contribution in [2.45, 2.75) is 0 Å². The number of amides is 1. The molecule has 4 aromatic rings. The van der Waals surface area contributed by atoms with E-state index in [1.165, 1.54) is 47.4 Å². The van der Waals surface area contributed by atoms with E-state index in [4.69, 9.17) is 0 Å².